The van der Waals surface area contributed by atoms with Crippen LogP contribution in [-0.2, 0) is 15.9 Å². The lowest BCUT2D eigenvalue weighted by atomic mass is 10.0. The maximum Gasteiger partial charge on any atom is 0.202 e. The third-order valence-corrected chi connectivity index (χ3v) is 7.00. The van der Waals surface area contributed by atoms with Gasteiger partial charge >= 0.3 is 0 Å². The number of unbranched alkanes of at least 4 members (excludes halogenated alkanes) is 2. The molecule has 7 nitrogen and oxygen atoms in total. The second kappa shape index (κ2) is 14.8. The van der Waals surface area contributed by atoms with E-state index in [0.717, 1.165) is 38.0 Å². The molecular weight excluding hydrogens is 442 g/mol. The number of aliphatic hydroxyl groups is 1. The first kappa shape index (κ1) is 27.9. The standard InChI is InChI=1S/C28H47N3O4/c1-4-6-9-23-20-31(30(3)27(23)5-2)16-7-8-17-33-21-26-18-24(32)19-28(35-26)34-25-12-10-22(11-13-25)14-15-29/h10-13,20,24,26-28,32H,4-9,14-19,21,29H2,1-3H3. The maximum atomic E-state index is 10.3. The fourth-order valence-corrected chi connectivity index (χ4v) is 5.02. The number of likely N-dealkylation sites (N-methyl/N-ethyl adjacent to an activating group) is 1. The van der Waals surface area contributed by atoms with Gasteiger partial charge in [-0.2, -0.15) is 0 Å². The van der Waals surface area contributed by atoms with Crippen molar-refractivity contribution in [2.45, 2.75) is 96.2 Å². The second-order valence-corrected chi connectivity index (χ2v) is 9.86. The van der Waals surface area contributed by atoms with Crippen LogP contribution in [0.5, 0.6) is 5.75 Å². The van der Waals surface area contributed by atoms with E-state index in [1.807, 2.05) is 24.3 Å². The molecule has 2 aliphatic heterocycles. The molecule has 2 aliphatic rings. The van der Waals surface area contributed by atoms with Crippen LogP contribution in [0.3, 0.4) is 0 Å². The summed E-state index contributed by atoms with van der Waals surface area (Å²) < 4.78 is 17.9. The minimum absolute atomic E-state index is 0.153. The summed E-state index contributed by atoms with van der Waals surface area (Å²) in [7, 11) is 2.21. The highest BCUT2D eigenvalue weighted by Crippen LogP contribution is 2.28. The van der Waals surface area contributed by atoms with Crippen LogP contribution in [0.1, 0.15) is 70.8 Å². The zero-order chi connectivity index (χ0) is 25.0. The normalized spacial score (nSPS) is 25.2. The molecule has 0 saturated carbocycles. The summed E-state index contributed by atoms with van der Waals surface area (Å²) in [5.74, 6) is 0.744. The molecule has 0 bridgehead atoms. The zero-order valence-corrected chi connectivity index (χ0v) is 22.0. The summed E-state index contributed by atoms with van der Waals surface area (Å²) in [5, 5.41) is 15.1. The number of hydrogen-bond donors (Lipinski definition) is 2. The van der Waals surface area contributed by atoms with Crippen LogP contribution in [0.25, 0.3) is 0 Å². The van der Waals surface area contributed by atoms with E-state index >= 15 is 0 Å². The van der Waals surface area contributed by atoms with Crippen molar-refractivity contribution in [3.63, 3.8) is 0 Å². The van der Waals surface area contributed by atoms with Crippen molar-refractivity contribution in [3.8, 4) is 5.75 Å². The van der Waals surface area contributed by atoms with Gasteiger partial charge in [-0.15, -0.1) is 0 Å². The molecule has 4 unspecified atom stereocenters. The van der Waals surface area contributed by atoms with E-state index in [9.17, 15) is 5.11 Å². The molecule has 1 fully saturated rings. The van der Waals surface area contributed by atoms with Gasteiger partial charge in [-0.1, -0.05) is 32.4 Å². The lowest BCUT2D eigenvalue weighted by Gasteiger charge is -2.33. The molecule has 0 aliphatic carbocycles. The molecule has 198 valence electrons. The van der Waals surface area contributed by atoms with Crippen molar-refractivity contribution in [1.29, 1.82) is 0 Å². The molecule has 0 aromatic heterocycles. The fraction of sp³-hybridized carbons (Fsp3) is 0.714. The Morgan fingerprint density at radius 2 is 1.89 bits per heavy atom. The minimum Gasteiger partial charge on any atom is -0.465 e. The smallest absolute Gasteiger partial charge is 0.202 e. The number of benzene rings is 1. The SMILES string of the molecule is CCCCC1=CN(CCCCOCC2CC(O)CC(Oc3ccc(CCN)cc3)O2)N(C)C1CC. The lowest BCUT2D eigenvalue weighted by Crippen LogP contribution is -2.41. The summed E-state index contributed by atoms with van der Waals surface area (Å²) in [4.78, 5) is 0. The number of aliphatic hydroxyl groups excluding tert-OH is 1. The molecule has 0 radical (unpaired) electrons. The summed E-state index contributed by atoms with van der Waals surface area (Å²) in [6, 6.07) is 8.46. The van der Waals surface area contributed by atoms with Crippen LogP contribution in [0.15, 0.2) is 36.0 Å². The van der Waals surface area contributed by atoms with E-state index in [1.165, 1.54) is 24.8 Å². The summed E-state index contributed by atoms with van der Waals surface area (Å²) in [6.45, 7) is 7.36. The number of hydrogen-bond acceptors (Lipinski definition) is 7. The Morgan fingerprint density at radius 1 is 1.09 bits per heavy atom. The molecule has 2 heterocycles. The van der Waals surface area contributed by atoms with Crippen molar-refractivity contribution in [1.82, 2.24) is 10.0 Å². The molecule has 1 aromatic rings. The molecular formula is C28H47N3O4. The predicted octanol–water partition coefficient (Wildman–Crippen LogP) is 4.24. The van der Waals surface area contributed by atoms with Crippen LogP contribution in [0.4, 0.5) is 0 Å². The quantitative estimate of drug-likeness (QED) is 0.357. The van der Waals surface area contributed by atoms with Gasteiger partial charge in [0.1, 0.15) is 5.75 Å². The van der Waals surface area contributed by atoms with E-state index in [2.05, 4.69) is 37.1 Å². The number of rotatable bonds is 15. The predicted molar refractivity (Wildman–Crippen MR) is 140 cm³/mol. The molecule has 1 saturated heterocycles. The zero-order valence-electron chi connectivity index (χ0n) is 22.0. The average molecular weight is 490 g/mol. The summed E-state index contributed by atoms with van der Waals surface area (Å²) in [5.41, 5.74) is 8.37. The molecule has 35 heavy (non-hydrogen) atoms. The van der Waals surface area contributed by atoms with Crippen LogP contribution in [-0.4, -0.2) is 73.0 Å². The Labute approximate surface area is 212 Å². The van der Waals surface area contributed by atoms with Crippen LogP contribution in [0.2, 0.25) is 0 Å². The van der Waals surface area contributed by atoms with Crippen molar-refractivity contribution >= 4 is 0 Å². The van der Waals surface area contributed by atoms with Gasteiger partial charge in [-0.05, 0) is 68.3 Å². The van der Waals surface area contributed by atoms with Gasteiger partial charge < -0.3 is 30.1 Å². The summed E-state index contributed by atoms with van der Waals surface area (Å²) >= 11 is 0. The highest BCUT2D eigenvalue weighted by Gasteiger charge is 2.30. The lowest BCUT2D eigenvalue weighted by molar-refractivity contribution is -0.189. The summed E-state index contributed by atoms with van der Waals surface area (Å²) in [6.07, 6.45) is 10.2. The molecule has 0 amide bonds. The Balaban J connectivity index is 1.33. The highest BCUT2D eigenvalue weighted by molar-refractivity contribution is 5.27. The Morgan fingerprint density at radius 3 is 2.60 bits per heavy atom. The van der Waals surface area contributed by atoms with Gasteiger partial charge in [-0.25, -0.2) is 5.01 Å². The highest BCUT2D eigenvalue weighted by atomic mass is 16.7. The van der Waals surface area contributed by atoms with E-state index in [0.29, 0.717) is 38.6 Å². The third kappa shape index (κ3) is 8.76. The molecule has 0 spiro atoms. The van der Waals surface area contributed by atoms with Gasteiger partial charge in [0.25, 0.3) is 0 Å². The van der Waals surface area contributed by atoms with Crippen molar-refractivity contribution in [2.24, 2.45) is 5.73 Å². The second-order valence-electron chi connectivity index (χ2n) is 9.86. The van der Waals surface area contributed by atoms with Crippen molar-refractivity contribution in [3.05, 3.63) is 41.6 Å². The van der Waals surface area contributed by atoms with Crippen molar-refractivity contribution < 1.29 is 19.3 Å². The van der Waals surface area contributed by atoms with Gasteiger partial charge in [0, 0.05) is 39.2 Å². The van der Waals surface area contributed by atoms with Crippen LogP contribution < -0.4 is 10.5 Å². The number of nitrogens with zero attached hydrogens (tertiary/aromatic N) is 2. The number of nitrogens with two attached hydrogens (primary N) is 1. The minimum atomic E-state index is -0.460. The molecule has 3 rings (SSSR count). The van der Waals surface area contributed by atoms with Crippen LogP contribution >= 0.6 is 0 Å². The van der Waals surface area contributed by atoms with E-state index in [4.69, 9.17) is 19.9 Å². The van der Waals surface area contributed by atoms with E-state index in [-0.39, 0.29) is 6.10 Å². The first-order valence-corrected chi connectivity index (χ1v) is 13.6. The maximum absolute atomic E-state index is 10.3. The van der Waals surface area contributed by atoms with E-state index < -0.39 is 12.4 Å². The molecule has 1 aromatic carbocycles. The van der Waals surface area contributed by atoms with Crippen LogP contribution in [0, 0.1) is 0 Å². The number of hydrazine groups is 1. The Kier molecular flexibility index (Phi) is 11.8. The van der Waals surface area contributed by atoms with E-state index in [1.54, 1.807) is 5.57 Å². The topological polar surface area (TPSA) is 80.4 Å². The Bertz CT molecular complexity index is 757. The fourth-order valence-electron chi connectivity index (χ4n) is 5.02. The van der Waals surface area contributed by atoms with Crippen molar-refractivity contribution in [2.75, 3.05) is 33.4 Å². The third-order valence-electron chi connectivity index (χ3n) is 7.00. The first-order valence-electron chi connectivity index (χ1n) is 13.6. The largest absolute Gasteiger partial charge is 0.465 e. The first-order chi connectivity index (χ1) is 17.0. The average Bonchev–Trinajstić information content (AvgIpc) is 3.15. The molecule has 7 heteroatoms. The van der Waals surface area contributed by atoms with Gasteiger partial charge in [0.15, 0.2) is 0 Å². The van der Waals surface area contributed by atoms with Gasteiger partial charge in [0.2, 0.25) is 6.29 Å². The molecule has 4 atom stereocenters. The Hall–Kier alpha value is -1.64. The van der Waals surface area contributed by atoms with Gasteiger partial charge in [-0.3, -0.25) is 0 Å². The van der Waals surface area contributed by atoms with Gasteiger partial charge in [0.05, 0.1) is 24.9 Å². The molecule has 3 N–H and O–H groups in total. The number of ether oxygens (including phenoxy) is 3. The monoisotopic (exact) mass is 489 g/mol.